The number of nitrogens with one attached hydrogen (secondary N) is 1. The van der Waals surface area contributed by atoms with Crippen molar-refractivity contribution in [2.45, 2.75) is 12.8 Å². The number of benzene rings is 1. The van der Waals surface area contributed by atoms with Crippen LogP contribution in [0.1, 0.15) is 12.8 Å². The van der Waals surface area contributed by atoms with Crippen LogP contribution < -0.4 is 11.1 Å². The van der Waals surface area contributed by atoms with Gasteiger partial charge in [-0.25, -0.2) is 0 Å². The van der Waals surface area contributed by atoms with Gasteiger partial charge in [-0.05, 0) is 53.6 Å². The third-order valence-electron chi connectivity index (χ3n) is 3.56. The van der Waals surface area contributed by atoms with Crippen LogP contribution in [0.2, 0.25) is 5.02 Å². The van der Waals surface area contributed by atoms with Crippen molar-refractivity contribution < 1.29 is 14.7 Å². The van der Waals surface area contributed by atoms with Gasteiger partial charge in [0.15, 0.2) is 5.84 Å². The number of hydrogen-bond acceptors (Lipinski definition) is 4. The summed E-state index contributed by atoms with van der Waals surface area (Å²) in [6.45, 7) is 0.780. The van der Waals surface area contributed by atoms with Gasteiger partial charge in [0.2, 0.25) is 5.91 Å². The van der Waals surface area contributed by atoms with E-state index in [0.717, 1.165) is 3.57 Å². The zero-order valence-corrected chi connectivity index (χ0v) is 14.0. The Morgan fingerprint density at radius 3 is 2.71 bits per heavy atom. The quantitative estimate of drug-likeness (QED) is 0.229. The number of anilines is 1. The maximum atomic E-state index is 12.7. The number of nitrogens with two attached hydrogens (primary N) is 1. The van der Waals surface area contributed by atoms with Crippen LogP contribution in [0, 0.1) is 8.99 Å². The molecule has 1 heterocycles. The van der Waals surface area contributed by atoms with Crippen molar-refractivity contribution in [3.63, 3.8) is 0 Å². The van der Waals surface area contributed by atoms with E-state index < -0.39 is 5.41 Å². The highest BCUT2D eigenvalue weighted by molar-refractivity contribution is 14.1. The average Bonchev–Trinajstić information content (AvgIpc) is 2.49. The first-order valence-electron chi connectivity index (χ1n) is 6.32. The van der Waals surface area contributed by atoms with Gasteiger partial charge in [0, 0.05) is 21.8 Å². The minimum Gasteiger partial charge on any atom is -0.409 e. The van der Waals surface area contributed by atoms with Gasteiger partial charge in [-0.1, -0.05) is 16.8 Å². The van der Waals surface area contributed by atoms with Gasteiger partial charge in [-0.15, -0.1) is 0 Å². The van der Waals surface area contributed by atoms with Gasteiger partial charge >= 0.3 is 0 Å². The van der Waals surface area contributed by atoms with Crippen LogP contribution >= 0.6 is 34.2 Å². The van der Waals surface area contributed by atoms with Crippen LogP contribution in [0.5, 0.6) is 0 Å². The SMILES string of the molecule is N/C(=N/O)C1(C(=O)Nc2ccc(Cl)cc2I)CCOCC1. The average molecular weight is 424 g/mol. The van der Waals surface area contributed by atoms with E-state index in [1.165, 1.54) is 0 Å². The molecule has 1 saturated heterocycles. The summed E-state index contributed by atoms with van der Waals surface area (Å²) in [5, 5.41) is 15.4. The number of carbonyl (C=O) groups excluding carboxylic acids is 1. The summed E-state index contributed by atoms with van der Waals surface area (Å²) in [4.78, 5) is 12.7. The van der Waals surface area contributed by atoms with E-state index >= 15 is 0 Å². The van der Waals surface area contributed by atoms with Crippen LogP contribution in [0.15, 0.2) is 23.4 Å². The third-order valence-corrected chi connectivity index (χ3v) is 4.69. The van der Waals surface area contributed by atoms with Crippen LogP contribution in [0.3, 0.4) is 0 Å². The standard InChI is InChI=1S/C13H15ClIN3O3/c14-8-1-2-10(9(15)7-8)17-12(19)13(11(16)18-20)3-5-21-6-4-13/h1-2,7,20H,3-6H2,(H2,16,18)(H,17,19). The Kier molecular flexibility index (Phi) is 5.28. The molecule has 1 amide bonds. The Hall–Kier alpha value is -1.06. The van der Waals surface area contributed by atoms with E-state index in [0.29, 0.717) is 36.8 Å². The largest absolute Gasteiger partial charge is 0.409 e. The first-order chi connectivity index (χ1) is 9.99. The molecule has 1 fully saturated rings. The number of amides is 1. The molecule has 4 N–H and O–H groups in total. The Morgan fingerprint density at radius 2 is 2.14 bits per heavy atom. The summed E-state index contributed by atoms with van der Waals surface area (Å²) in [6, 6.07) is 5.17. The molecule has 2 rings (SSSR count). The molecule has 1 aliphatic rings. The lowest BCUT2D eigenvalue weighted by Gasteiger charge is -2.34. The van der Waals surface area contributed by atoms with Crippen LogP contribution in [-0.4, -0.2) is 30.2 Å². The number of halogens is 2. The number of amidine groups is 1. The molecule has 0 spiro atoms. The van der Waals surface area contributed by atoms with E-state index in [2.05, 4.69) is 33.1 Å². The molecule has 21 heavy (non-hydrogen) atoms. The molecule has 0 bridgehead atoms. The summed E-state index contributed by atoms with van der Waals surface area (Å²) < 4.78 is 6.08. The molecular weight excluding hydrogens is 409 g/mol. The predicted octanol–water partition coefficient (Wildman–Crippen LogP) is 2.43. The predicted molar refractivity (Wildman–Crippen MR) is 88.7 cm³/mol. The van der Waals surface area contributed by atoms with Crippen molar-refractivity contribution in [2.24, 2.45) is 16.3 Å². The summed E-state index contributed by atoms with van der Waals surface area (Å²) in [5.41, 5.74) is 5.35. The topological polar surface area (TPSA) is 96.9 Å². The normalized spacial score (nSPS) is 18.3. The second-order valence-corrected chi connectivity index (χ2v) is 6.36. The fourth-order valence-corrected chi connectivity index (χ4v) is 3.25. The number of carbonyl (C=O) groups is 1. The maximum Gasteiger partial charge on any atom is 0.238 e. The monoisotopic (exact) mass is 423 g/mol. The summed E-state index contributed by atoms with van der Waals surface area (Å²) >= 11 is 7.98. The van der Waals surface area contributed by atoms with Gasteiger partial charge in [-0.2, -0.15) is 0 Å². The first kappa shape index (κ1) is 16.3. The second-order valence-electron chi connectivity index (χ2n) is 4.76. The van der Waals surface area contributed by atoms with Gasteiger partial charge in [0.1, 0.15) is 5.41 Å². The molecule has 0 aromatic heterocycles. The zero-order valence-electron chi connectivity index (χ0n) is 11.1. The molecule has 0 aliphatic carbocycles. The lowest BCUT2D eigenvalue weighted by atomic mass is 9.78. The van der Waals surface area contributed by atoms with Crippen molar-refractivity contribution in [1.82, 2.24) is 0 Å². The van der Waals surface area contributed by atoms with E-state index in [-0.39, 0.29) is 11.7 Å². The van der Waals surface area contributed by atoms with E-state index in [9.17, 15) is 4.79 Å². The van der Waals surface area contributed by atoms with Crippen molar-refractivity contribution in [3.05, 3.63) is 26.8 Å². The Balaban J connectivity index is 2.27. The van der Waals surface area contributed by atoms with Crippen molar-refractivity contribution in [3.8, 4) is 0 Å². The number of oxime groups is 1. The second kappa shape index (κ2) is 6.80. The molecule has 1 aliphatic heterocycles. The first-order valence-corrected chi connectivity index (χ1v) is 7.77. The summed E-state index contributed by atoms with van der Waals surface area (Å²) in [7, 11) is 0. The summed E-state index contributed by atoms with van der Waals surface area (Å²) in [6.07, 6.45) is 0.748. The van der Waals surface area contributed by atoms with Crippen LogP contribution in [0.4, 0.5) is 5.69 Å². The number of nitrogens with zero attached hydrogens (tertiary/aromatic N) is 1. The number of hydrogen-bond donors (Lipinski definition) is 3. The van der Waals surface area contributed by atoms with E-state index in [1.54, 1.807) is 18.2 Å². The van der Waals surface area contributed by atoms with Gasteiger partial charge in [0.05, 0.1) is 5.69 Å². The third kappa shape index (κ3) is 3.41. The highest BCUT2D eigenvalue weighted by Gasteiger charge is 2.44. The van der Waals surface area contributed by atoms with Gasteiger partial charge in [-0.3, -0.25) is 4.79 Å². The van der Waals surface area contributed by atoms with Crippen molar-refractivity contribution in [2.75, 3.05) is 18.5 Å². The molecule has 114 valence electrons. The van der Waals surface area contributed by atoms with Crippen molar-refractivity contribution >= 4 is 51.6 Å². The fourth-order valence-electron chi connectivity index (χ4n) is 2.25. The number of rotatable bonds is 3. The minimum absolute atomic E-state index is 0.0905. The molecule has 6 nitrogen and oxygen atoms in total. The highest BCUT2D eigenvalue weighted by atomic mass is 127. The molecule has 0 atom stereocenters. The van der Waals surface area contributed by atoms with Crippen LogP contribution in [-0.2, 0) is 9.53 Å². The van der Waals surface area contributed by atoms with Crippen LogP contribution in [0.25, 0.3) is 0 Å². The Morgan fingerprint density at radius 1 is 1.48 bits per heavy atom. The summed E-state index contributed by atoms with van der Waals surface area (Å²) in [5.74, 6) is -0.395. The fraction of sp³-hybridized carbons (Fsp3) is 0.385. The highest BCUT2D eigenvalue weighted by Crippen LogP contribution is 2.33. The van der Waals surface area contributed by atoms with Gasteiger partial charge < -0.3 is 21.0 Å². The smallest absolute Gasteiger partial charge is 0.238 e. The number of ether oxygens (including phenoxy) is 1. The molecular formula is C13H15ClIN3O3. The molecule has 0 unspecified atom stereocenters. The van der Waals surface area contributed by atoms with E-state index in [1.807, 2.05) is 0 Å². The zero-order chi connectivity index (χ0) is 15.5. The minimum atomic E-state index is -1.05. The molecule has 0 radical (unpaired) electrons. The maximum absolute atomic E-state index is 12.7. The Labute approximate surface area is 140 Å². The lowest BCUT2D eigenvalue weighted by molar-refractivity contribution is -0.126. The van der Waals surface area contributed by atoms with E-state index in [4.69, 9.17) is 27.3 Å². The van der Waals surface area contributed by atoms with Crippen molar-refractivity contribution in [1.29, 1.82) is 0 Å². The van der Waals surface area contributed by atoms with Gasteiger partial charge in [0.25, 0.3) is 0 Å². The molecule has 8 heteroatoms. The molecule has 0 saturated carbocycles. The Bertz CT molecular complexity index is 574. The lowest BCUT2D eigenvalue weighted by Crippen LogP contribution is -2.50. The molecule has 1 aromatic rings. The molecule has 1 aromatic carbocycles.